The first-order valence-electron chi connectivity index (χ1n) is 10.1. The van der Waals surface area contributed by atoms with Crippen LogP contribution in [0.3, 0.4) is 0 Å². The number of carboxylic acids is 2. The van der Waals surface area contributed by atoms with Crippen LogP contribution in [0, 0.1) is 18.8 Å². The summed E-state index contributed by atoms with van der Waals surface area (Å²) in [6.45, 7) is 7.24. The molecule has 34 heavy (non-hydrogen) atoms. The number of hydrogen-bond acceptors (Lipinski definition) is 6. The molecular formula is C20H28F6N2O6. The summed E-state index contributed by atoms with van der Waals surface area (Å²) in [5.41, 5.74) is 0. The molecule has 2 aliphatic rings. The van der Waals surface area contributed by atoms with Crippen molar-refractivity contribution in [2.24, 2.45) is 11.8 Å². The predicted octanol–water partition coefficient (Wildman–Crippen LogP) is 3.25. The molecule has 0 amide bonds. The second kappa shape index (κ2) is 12.4. The van der Waals surface area contributed by atoms with Gasteiger partial charge < -0.3 is 24.3 Å². The Morgan fingerprint density at radius 1 is 1.09 bits per heavy atom. The van der Waals surface area contributed by atoms with Gasteiger partial charge in [-0.15, -0.1) is 0 Å². The van der Waals surface area contributed by atoms with Gasteiger partial charge in [-0.2, -0.15) is 26.3 Å². The number of hydrogen-bond donors (Lipinski definition) is 2. The van der Waals surface area contributed by atoms with Gasteiger partial charge >= 0.3 is 24.3 Å². The Bertz CT molecular complexity index is 771. The maximum absolute atomic E-state index is 10.6. The number of carbonyl (C=O) groups is 2. The molecule has 0 spiro atoms. The van der Waals surface area contributed by atoms with Gasteiger partial charge in [-0.05, 0) is 52.0 Å². The molecule has 1 aromatic rings. The molecule has 196 valence electrons. The number of fused-ring (bicyclic) bond motifs is 1. The monoisotopic (exact) mass is 506 g/mol. The number of halogens is 6. The van der Waals surface area contributed by atoms with E-state index in [0.29, 0.717) is 12.0 Å². The minimum Gasteiger partial charge on any atom is -0.475 e. The summed E-state index contributed by atoms with van der Waals surface area (Å²) in [6.07, 6.45) is -8.48. The highest BCUT2D eigenvalue weighted by molar-refractivity contribution is 5.73. The van der Waals surface area contributed by atoms with Crippen LogP contribution in [0.15, 0.2) is 16.5 Å². The summed E-state index contributed by atoms with van der Waals surface area (Å²) in [5, 5.41) is 14.2. The summed E-state index contributed by atoms with van der Waals surface area (Å²) < 4.78 is 75.2. The van der Waals surface area contributed by atoms with Gasteiger partial charge in [0.25, 0.3) is 0 Å². The van der Waals surface area contributed by atoms with E-state index in [9.17, 15) is 26.3 Å². The maximum atomic E-state index is 10.6. The Balaban J connectivity index is 0.000000343. The number of aliphatic carboxylic acids is 2. The molecule has 0 aliphatic carbocycles. The largest absolute Gasteiger partial charge is 0.490 e. The third kappa shape index (κ3) is 10.3. The van der Waals surface area contributed by atoms with Crippen LogP contribution in [-0.2, 0) is 20.9 Å². The van der Waals surface area contributed by atoms with E-state index in [0.717, 1.165) is 50.2 Å². The van der Waals surface area contributed by atoms with E-state index < -0.39 is 24.3 Å². The summed E-state index contributed by atoms with van der Waals surface area (Å²) in [4.78, 5) is 22.5. The minimum absolute atomic E-state index is 0.433. The van der Waals surface area contributed by atoms with Crippen LogP contribution in [0.5, 0.6) is 0 Å². The molecule has 0 radical (unpaired) electrons. The lowest BCUT2D eigenvalue weighted by molar-refractivity contribution is -0.193. The van der Waals surface area contributed by atoms with Crippen molar-refractivity contribution in [2.75, 3.05) is 40.3 Å². The SMILES string of the molecule is Cc1ccc(CN2CC[C@H]3[C@H](CO[C@H]3CN(C)C)C2)o1.O=C(O)C(F)(F)F.O=C(O)C(F)(F)F. The number of ether oxygens (including phenoxy) is 1. The average molecular weight is 506 g/mol. The second-order valence-corrected chi connectivity index (χ2v) is 8.20. The van der Waals surface area contributed by atoms with Crippen LogP contribution >= 0.6 is 0 Å². The summed E-state index contributed by atoms with van der Waals surface area (Å²) in [6, 6.07) is 4.15. The highest BCUT2D eigenvalue weighted by Gasteiger charge is 2.41. The van der Waals surface area contributed by atoms with Gasteiger partial charge in [0.05, 0.1) is 19.3 Å². The Labute approximate surface area is 192 Å². The molecule has 1 aromatic heterocycles. The first-order valence-corrected chi connectivity index (χ1v) is 10.1. The van der Waals surface area contributed by atoms with Crippen LogP contribution in [0.4, 0.5) is 26.3 Å². The number of aryl methyl sites for hydroxylation is 1. The number of carboxylic acid groups (broad SMARTS) is 2. The number of nitrogens with zero attached hydrogens (tertiary/aromatic N) is 2. The lowest BCUT2D eigenvalue weighted by atomic mass is 9.84. The first-order chi connectivity index (χ1) is 15.5. The van der Waals surface area contributed by atoms with Crippen molar-refractivity contribution in [3.8, 4) is 0 Å². The smallest absolute Gasteiger partial charge is 0.475 e. The van der Waals surface area contributed by atoms with Gasteiger partial charge in [0.1, 0.15) is 11.5 Å². The highest BCUT2D eigenvalue weighted by atomic mass is 19.4. The fourth-order valence-corrected chi connectivity index (χ4v) is 3.64. The van der Waals surface area contributed by atoms with Crippen LogP contribution < -0.4 is 0 Å². The van der Waals surface area contributed by atoms with Gasteiger partial charge in [-0.3, -0.25) is 4.90 Å². The molecule has 2 fully saturated rings. The number of furan rings is 1. The van der Waals surface area contributed by atoms with Crippen molar-refractivity contribution in [2.45, 2.75) is 38.3 Å². The Hall–Kier alpha value is -2.32. The van der Waals surface area contributed by atoms with Crippen molar-refractivity contribution < 1.29 is 55.3 Å². The second-order valence-electron chi connectivity index (χ2n) is 8.20. The average Bonchev–Trinajstić information content (AvgIpc) is 3.26. The molecule has 3 rings (SSSR count). The maximum Gasteiger partial charge on any atom is 0.490 e. The van der Waals surface area contributed by atoms with Crippen LogP contribution in [-0.4, -0.2) is 90.7 Å². The van der Waals surface area contributed by atoms with Crippen molar-refractivity contribution in [3.05, 3.63) is 23.7 Å². The summed E-state index contributed by atoms with van der Waals surface area (Å²) >= 11 is 0. The molecular weight excluding hydrogens is 478 g/mol. The van der Waals surface area contributed by atoms with E-state index in [1.807, 2.05) is 13.0 Å². The third-order valence-electron chi connectivity index (χ3n) is 5.08. The predicted molar refractivity (Wildman–Crippen MR) is 106 cm³/mol. The first kappa shape index (κ1) is 29.7. The molecule has 2 saturated heterocycles. The van der Waals surface area contributed by atoms with Crippen molar-refractivity contribution in [3.63, 3.8) is 0 Å². The molecule has 8 nitrogen and oxygen atoms in total. The number of likely N-dealkylation sites (N-methyl/N-ethyl adjacent to an activating group) is 1. The molecule has 14 heteroatoms. The summed E-state index contributed by atoms with van der Waals surface area (Å²) in [5.74, 6) is -1.98. The molecule has 2 aliphatic heterocycles. The molecule has 2 N–H and O–H groups in total. The number of likely N-dealkylation sites (tertiary alicyclic amines) is 1. The molecule has 3 heterocycles. The van der Waals surface area contributed by atoms with Gasteiger partial charge in [0.15, 0.2) is 0 Å². The van der Waals surface area contributed by atoms with Crippen LogP contribution in [0.2, 0.25) is 0 Å². The van der Waals surface area contributed by atoms with Crippen molar-refractivity contribution in [1.82, 2.24) is 9.80 Å². The topological polar surface area (TPSA) is 103 Å². The van der Waals surface area contributed by atoms with E-state index in [-0.39, 0.29) is 0 Å². The normalized spacial score (nSPS) is 22.8. The fourth-order valence-electron chi connectivity index (χ4n) is 3.64. The third-order valence-corrected chi connectivity index (χ3v) is 5.08. The number of rotatable bonds is 4. The van der Waals surface area contributed by atoms with Gasteiger partial charge in [-0.1, -0.05) is 0 Å². The molecule has 0 saturated carbocycles. The lowest BCUT2D eigenvalue weighted by Gasteiger charge is -2.35. The zero-order valence-corrected chi connectivity index (χ0v) is 18.8. The quantitative estimate of drug-likeness (QED) is 0.600. The van der Waals surface area contributed by atoms with Gasteiger partial charge in [0, 0.05) is 19.0 Å². The lowest BCUT2D eigenvalue weighted by Crippen LogP contribution is -2.42. The van der Waals surface area contributed by atoms with E-state index >= 15 is 0 Å². The van der Waals surface area contributed by atoms with Gasteiger partial charge in [0.2, 0.25) is 0 Å². The van der Waals surface area contributed by atoms with Crippen LogP contribution in [0.1, 0.15) is 17.9 Å². The number of alkyl halides is 6. The van der Waals surface area contributed by atoms with Gasteiger partial charge in [-0.25, -0.2) is 9.59 Å². The Morgan fingerprint density at radius 2 is 1.62 bits per heavy atom. The number of piperidine rings is 1. The zero-order chi connectivity index (χ0) is 26.3. The Kier molecular flexibility index (Phi) is 10.8. The minimum atomic E-state index is -5.08. The van der Waals surface area contributed by atoms with Crippen molar-refractivity contribution in [1.29, 1.82) is 0 Å². The van der Waals surface area contributed by atoms with E-state index in [4.69, 9.17) is 29.0 Å². The molecule has 3 atom stereocenters. The van der Waals surface area contributed by atoms with E-state index in [2.05, 4.69) is 30.0 Å². The summed E-state index contributed by atoms with van der Waals surface area (Å²) in [7, 11) is 4.26. The van der Waals surface area contributed by atoms with Crippen molar-refractivity contribution >= 4 is 11.9 Å². The standard InChI is InChI=1S/C16H26N2O2.2C2HF3O2/c1-12-4-5-14(20-12)9-18-7-6-15-13(8-18)11-19-16(15)10-17(2)3;2*3-2(4,5)1(6)7/h4-5,13,15-16H,6-11H2,1-3H3;2*(H,6,7)/t13-,15-,16-;;/m0../s1. The molecule has 0 bridgehead atoms. The fraction of sp³-hybridized carbons (Fsp3) is 0.700. The van der Waals surface area contributed by atoms with E-state index in [1.54, 1.807) is 0 Å². The van der Waals surface area contributed by atoms with Crippen LogP contribution in [0.25, 0.3) is 0 Å². The zero-order valence-electron chi connectivity index (χ0n) is 18.8. The molecule has 0 unspecified atom stereocenters. The van der Waals surface area contributed by atoms with E-state index in [1.165, 1.54) is 6.42 Å². The molecule has 0 aromatic carbocycles. The Morgan fingerprint density at radius 3 is 2.03 bits per heavy atom. The highest BCUT2D eigenvalue weighted by Crippen LogP contribution is 2.35.